The molecule has 1 unspecified atom stereocenters. The molecular weight excluding hydrogens is 245 g/mol. The minimum atomic E-state index is -0.814. The number of halogens is 1. The van der Waals surface area contributed by atoms with Crippen LogP contribution in [0.25, 0.3) is 0 Å². The molecule has 0 spiro atoms. The van der Waals surface area contributed by atoms with E-state index in [2.05, 4.69) is 4.90 Å². The van der Waals surface area contributed by atoms with Crippen molar-refractivity contribution >= 4 is 5.69 Å². The Morgan fingerprint density at radius 2 is 1.84 bits per heavy atom. The van der Waals surface area contributed by atoms with Gasteiger partial charge in [0, 0.05) is 24.3 Å². The summed E-state index contributed by atoms with van der Waals surface area (Å²) < 4.78 is 13.8. The number of benzene rings is 1. The summed E-state index contributed by atoms with van der Waals surface area (Å²) in [6.07, 6.45) is 0.692. The maximum absolute atomic E-state index is 13.8. The molecule has 1 aliphatic rings. The molecule has 106 valence electrons. The van der Waals surface area contributed by atoms with Gasteiger partial charge in [-0.1, -0.05) is 6.07 Å². The van der Waals surface area contributed by atoms with Gasteiger partial charge in [-0.25, -0.2) is 4.39 Å². The van der Waals surface area contributed by atoms with Crippen LogP contribution < -0.4 is 4.90 Å². The Hall–Kier alpha value is -1.13. The van der Waals surface area contributed by atoms with Gasteiger partial charge in [-0.05, 0) is 44.7 Å². The highest BCUT2D eigenvalue weighted by Crippen LogP contribution is 2.32. The molecule has 1 aromatic carbocycles. The van der Waals surface area contributed by atoms with Crippen LogP contribution in [0.4, 0.5) is 10.1 Å². The van der Waals surface area contributed by atoms with Crippen LogP contribution in [-0.2, 0) is 0 Å². The van der Waals surface area contributed by atoms with Crippen molar-refractivity contribution in [2.75, 3.05) is 18.0 Å². The second-order valence-electron chi connectivity index (χ2n) is 5.41. The molecule has 2 N–H and O–H groups in total. The molecule has 3 nitrogen and oxygen atoms in total. The van der Waals surface area contributed by atoms with Crippen LogP contribution in [0.5, 0.6) is 0 Å². The smallest absolute Gasteiger partial charge is 0.131 e. The highest BCUT2D eigenvalue weighted by molar-refractivity contribution is 5.55. The normalized spacial score (nSPS) is 20.4. The molecule has 1 heterocycles. The third-order valence-electron chi connectivity index (χ3n) is 4.01. The fraction of sp³-hybridized carbons (Fsp3) is 0.600. The molecule has 0 saturated carbocycles. The van der Waals surface area contributed by atoms with Gasteiger partial charge >= 0.3 is 0 Å². The summed E-state index contributed by atoms with van der Waals surface area (Å²) in [5, 5.41) is 19.4. The van der Waals surface area contributed by atoms with Gasteiger partial charge in [0.25, 0.3) is 0 Å². The van der Waals surface area contributed by atoms with Crippen molar-refractivity contribution in [1.29, 1.82) is 0 Å². The SMILES string of the molecule is CC(O)C1CCN(c2cccc(F)c2[C@H](C)O)CC1. The average molecular weight is 267 g/mol. The number of nitrogens with zero attached hydrogens (tertiary/aromatic N) is 1. The molecule has 0 aromatic heterocycles. The van der Waals surface area contributed by atoms with Crippen LogP contribution in [0.3, 0.4) is 0 Å². The first-order valence-corrected chi connectivity index (χ1v) is 6.90. The van der Waals surface area contributed by atoms with Gasteiger partial charge in [0.05, 0.1) is 12.2 Å². The molecule has 1 saturated heterocycles. The number of piperidine rings is 1. The molecule has 4 heteroatoms. The predicted octanol–water partition coefficient (Wildman–Crippen LogP) is 2.48. The number of aliphatic hydroxyl groups is 2. The van der Waals surface area contributed by atoms with Gasteiger partial charge in [-0.15, -0.1) is 0 Å². The lowest BCUT2D eigenvalue weighted by Crippen LogP contribution is -2.37. The van der Waals surface area contributed by atoms with E-state index in [0.717, 1.165) is 31.6 Å². The molecule has 2 atom stereocenters. The highest BCUT2D eigenvalue weighted by Gasteiger charge is 2.25. The molecule has 2 rings (SSSR count). The van der Waals surface area contributed by atoms with E-state index in [1.807, 2.05) is 13.0 Å². The number of rotatable bonds is 3. The second kappa shape index (κ2) is 5.88. The van der Waals surface area contributed by atoms with Gasteiger partial charge in [0.2, 0.25) is 0 Å². The lowest BCUT2D eigenvalue weighted by Gasteiger charge is -2.36. The van der Waals surface area contributed by atoms with Crippen LogP contribution in [0.2, 0.25) is 0 Å². The van der Waals surface area contributed by atoms with Gasteiger partial charge in [0.1, 0.15) is 5.82 Å². The first-order chi connectivity index (χ1) is 9.00. The summed E-state index contributed by atoms with van der Waals surface area (Å²) in [5.74, 6) is -0.0371. The van der Waals surface area contributed by atoms with E-state index in [1.165, 1.54) is 6.07 Å². The molecular formula is C15H22FNO2. The first kappa shape index (κ1) is 14.3. The maximum atomic E-state index is 13.8. The third-order valence-corrected chi connectivity index (χ3v) is 4.01. The fourth-order valence-electron chi connectivity index (χ4n) is 2.84. The van der Waals surface area contributed by atoms with Gasteiger partial charge in [-0.3, -0.25) is 0 Å². The summed E-state index contributed by atoms with van der Waals surface area (Å²) in [5.41, 5.74) is 1.15. The molecule has 1 aliphatic heterocycles. The number of hydrogen-bond acceptors (Lipinski definition) is 3. The number of anilines is 1. The Morgan fingerprint density at radius 3 is 2.37 bits per heavy atom. The molecule has 0 bridgehead atoms. The fourth-order valence-corrected chi connectivity index (χ4v) is 2.84. The van der Waals surface area contributed by atoms with Crippen LogP contribution in [0, 0.1) is 11.7 Å². The Morgan fingerprint density at radius 1 is 1.21 bits per heavy atom. The lowest BCUT2D eigenvalue weighted by molar-refractivity contribution is 0.109. The van der Waals surface area contributed by atoms with E-state index in [-0.39, 0.29) is 11.9 Å². The summed E-state index contributed by atoms with van der Waals surface area (Å²) in [7, 11) is 0. The zero-order valence-corrected chi connectivity index (χ0v) is 11.5. The van der Waals surface area contributed by atoms with E-state index < -0.39 is 6.10 Å². The Kier molecular flexibility index (Phi) is 4.42. The van der Waals surface area contributed by atoms with E-state index in [4.69, 9.17) is 0 Å². The molecule has 1 fully saturated rings. The van der Waals surface area contributed by atoms with Crippen molar-refractivity contribution in [3.8, 4) is 0 Å². The van der Waals surface area contributed by atoms with Gasteiger partial charge in [0.15, 0.2) is 0 Å². The summed E-state index contributed by atoms with van der Waals surface area (Å²) >= 11 is 0. The minimum Gasteiger partial charge on any atom is -0.393 e. The molecule has 1 aromatic rings. The summed E-state index contributed by atoms with van der Waals surface area (Å²) in [6, 6.07) is 4.92. The third kappa shape index (κ3) is 3.07. The largest absolute Gasteiger partial charge is 0.393 e. The number of hydrogen-bond donors (Lipinski definition) is 2. The molecule has 0 radical (unpaired) electrons. The van der Waals surface area contributed by atoms with Crippen LogP contribution >= 0.6 is 0 Å². The van der Waals surface area contributed by atoms with Gasteiger partial charge < -0.3 is 15.1 Å². The summed E-state index contributed by atoms with van der Waals surface area (Å²) in [4.78, 5) is 2.10. The predicted molar refractivity (Wildman–Crippen MR) is 73.7 cm³/mol. The minimum absolute atomic E-state index is 0.286. The van der Waals surface area contributed by atoms with Crippen molar-refractivity contribution in [1.82, 2.24) is 0 Å². The van der Waals surface area contributed by atoms with Crippen LogP contribution in [0.15, 0.2) is 18.2 Å². The zero-order chi connectivity index (χ0) is 14.0. The number of aliphatic hydroxyl groups excluding tert-OH is 2. The topological polar surface area (TPSA) is 43.7 Å². The second-order valence-corrected chi connectivity index (χ2v) is 5.41. The van der Waals surface area contributed by atoms with Crippen molar-refractivity contribution < 1.29 is 14.6 Å². The zero-order valence-electron chi connectivity index (χ0n) is 11.5. The molecule has 0 aliphatic carbocycles. The van der Waals surface area contributed by atoms with Crippen molar-refractivity contribution in [3.63, 3.8) is 0 Å². The van der Waals surface area contributed by atoms with Crippen LogP contribution in [-0.4, -0.2) is 29.4 Å². The lowest BCUT2D eigenvalue weighted by atomic mass is 9.91. The van der Waals surface area contributed by atoms with E-state index in [1.54, 1.807) is 13.0 Å². The highest BCUT2D eigenvalue weighted by atomic mass is 19.1. The monoisotopic (exact) mass is 267 g/mol. The first-order valence-electron chi connectivity index (χ1n) is 6.90. The van der Waals surface area contributed by atoms with Crippen molar-refractivity contribution in [3.05, 3.63) is 29.6 Å². The quantitative estimate of drug-likeness (QED) is 0.884. The maximum Gasteiger partial charge on any atom is 0.131 e. The average Bonchev–Trinajstić information content (AvgIpc) is 2.38. The van der Waals surface area contributed by atoms with Gasteiger partial charge in [-0.2, -0.15) is 0 Å². The van der Waals surface area contributed by atoms with E-state index >= 15 is 0 Å². The van der Waals surface area contributed by atoms with Crippen molar-refractivity contribution in [2.45, 2.75) is 38.9 Å². The van der Waals surface area contributed by atoms with Crippen molar-refractivity contribution in [2.24, 2.45) is 5.92 Å². The Labute approximate surface area is 113 Å². The van der Waals surface area contributed by atoms with Crippen LogP contribution in [0.1, 0.15) is 38.4 Å². The van der Waals surface area contributed by atoms with E-state index in [9.17, 15) is 14.6 Å². The van der Waals surface area contributed by atoms with E-state index in [0.29, 0.717) is 11.5 Å². The summed E-state index contributed by atoms with van der Waals surface area (Å²) in [6.45, 7) is 4.99. The molecule has 0 amide bonds. The Balaban J connectivity index is 2.18. The molecule has 19 heavy (non-hydrogen) atoms. The Bertz CT molecular complexity index is 426. The standard InChI is InChI=1S/C15H22FNO2/c1-10(18)12-6-8-17(9-7-12)14-5-3-4-13(16)15(14)11(2)19/h3-5,10-12,18-19H,6-9H2,1-2H3/t10?,11-/m0/s1.